The molecule has 5 atom stereocenters. The van der Waals surface area contributed by atoms with Crippen LogP contribution in [0, 0.1) is 0 Å². The topological polar surface area (TPSA) is 55.4 Å². The number of aryl methyl sites for hydroxylation is 1. The molecule has 4 rings (SSSR count). The van der Waals surface area contributed by atoms with Crippen molar-refractivity contribution >= 4 is 11.6 Å². The summed E-state index contributed by atoms with van der Waals surface area (Å²) in [5, 5.41) is 0.797. The van der Waals surface area contributed by atoms with Gasteiger partial charge in [-0.3, -0.25) is 0 Å². The van der Waals surface area contributed by atoms with Gasteiger partial charge in [-0.25, -0.2) is 0 Å². The van der Waals surface area contributed by atoms with Crippen LogP contribution in [-0.2, 0) is 42.9 Å². The van der Waals surface area contributed by atoms with Crippen LogP contribution in [-0.4, -0.2) is 64.1 Å². The number of unbranched alkanes of at least 4 members (excludes halogenated alkanes) is 4. The first-order valence-corrected chi connectivity index (χ1v) is 18.6. The van der Waals surface area contributed by atoms with Crippen molar-refractivity contribution in [2.45, 2.75) is 136 Å². The van der Waals surface area contributed by atoms with Gasteiger partial charge in [-0.2, -0.15) is 0 Å². The second-order valence-electron chi connectivity index (χ2n) is 12.8. The fraction of sp³-hybridized carbons (Fsp3) is 0.692. The third-order valence-electron chi connectivity index (χ3n) is 9.13. The van der Waals surface area contributed by atoms with E-state index in [1.165, 1.54) is 11.1 Å². The van der Waals surface area contributed by atoms with Crippen LogP contribution >= 0.6 is 11.6 Å². The Morgan fingerprint density at radius 3 is 1.96 bits per heavy atom. The first-order chi connectivity index (χ1) is 22.6. The Morgan fingerprint density at radius 1 is 0.739 bits per heavy atom. The summed E-state index contributed by atoms with van der Waals surface area (Å²) in [6.07, 6.45) is 9.00. The Labute approximate surface area is 283 Å². The van der Waals surface area contributed by atoms with Crippen molar-refractivity contribution in [3.63, 3.8) is 0 Å². The van der Waals surface area contributed by atoms with E-state index in [9.17, 15) is 0 Å². The van der Waals surface area contributed by atoms with Crippen LogP contribution in [0.2, 0.25) is 5.02 Å². The van der Waals surface area contributed by atoms with Crippen LogP contribution in [0.1, 0.15) is 120 Å². The van der Waals surface area contributed by atoms with Gasteiger partial charge < -0.3 is 28.4 Å². The van der Waals surface area contributed by atoms with Crippen LogP contribution in [0.3, 0.4) is 0 Å². The second-order valence-corrected chi connectivity index (χ2v) is 13.2. The molecule has 46 heavy (non-hydrogen) atoms. The highest BCUT2D eigenvalue weighted by molar-refractivity contribution is 6.32. The Morgan fingerprint density at radius 2 is 1.33 bits per heavy atom. The molecule has 2 aromatic rings. The molecule has 0 bridgehead atoms. The molecule has 6 nitrogen and oxygen atoms in total. The average molecular weight is 659 g/mol. The van der Waals surface area contributed by atoms with Gasteiger partial charge in [0.1, 0.15) is 36.3 Å². The zero-order valence-corrected chi connectivity index (χ0v) is 29.9. The zero-order valence-electron chi connectivity index (χ0n) is 29.1. The molecule has 0 spiro atoms. The van der Waals surface area contributed by atoms with Crippen molar-refractivity contribution in [3.8, 4) is 5.75 Å². The lowest BCUT2D eigenvalue weighted by atomic mass is 9.87. The minimum absolute atomic E-state index is 0.300. The minimum atomic E-state index is -0.417. The molecule has 7 heteroatoms. The van der Waals surface area contributed by atoms with E-state index in [0.29, 0.717) is 39.6 Å². The Balaban J connectivity index is 1.76. The summed E-state index contributed by atoms with van der Waals surface area (Å²) >= 11 is 7.13. The molecule has 0 aromatic heterocycles. The number of halogens is 1. The SMILES string of the molecule is CCCCOC[C@H]1OC(c2cc(Cc3ccc(CC)cc3)c(Cl)c3c2OCC3)[C@H](OCCCC)[C@@H](OCCCC)[C@@H]1OCCCC. The molecule has 2 aliphatic heterocycles. The molecule has 0 saturated carbocycles. The zero-order chi connectivity index (χ0) is 32.7. The predicted molar refractivity (Wildman–Crippen MR) is 187 cm³/mol. The summed E-state index contributed by atoms with van der Waals surface area (Å²) in [5.41, 5.74) is 5.71. The Bertz CT molecular complexity index is 1150. The molecular formula is C39H59ClO6. The van der Waals surface area contributed by atoms with Gasteiger partial charge in [-0.05, 0) is 61.3 Å². The lowest BCUT2D eigenvalue weighted by molar-refractivity contribution is -0.268. The van der Waals surface area contributed by atoms with Crippen LogP contribution in [0.4, 0.5) is 0 Å². The maximum atomic E-state index is 7.13. The molecular weight excluding hydrogens is 600 g/mol. The summed E-state index contributed by atoms with van der Waals surface area (Å²) in [4.78, 5) is 0. The van der Waals surface area contributed by atoms with Crippen molar-refractivity contribution in [2.75, 3.05) is 39.6 Å². The average Bonchev–Trinajstić information content (AvgIpc) is 3.57. The smallest absolute Gasteiger partial charge is 0.130 e. The summed E-state index contributed by atoms with van der Waals surface area (Å²) in [6.45, 7) is 14.6. The Hall–Kier alpha value is -1.67. The molecule has 258 valence electrons. The third kappa shape index (κ3) is 9.93. The molecule has 0 amide bonds. The van der Waals surface area contributed by atoms with Crippen LogP contribution in [0.25, 0.3) is 0 Å². The Kier molecular flexibility index (Phi) is 16.1. The van der Waals surface area contributed by atoms with Crippen molar-refractivity contribution in [2.24, 2.45) is 0 Å². The van der Waals surface area contributed by atoms with Gasteiger partial charge in [0, 0.05) is 44.0 Å². The summed E-state index contributed by atoms with van der Waals surface area (Å²) in [5.74, 6) is 0.840. The van der Waals surface area contributed by atoms with Gasteiger partial charge in [0.15, 0.2) is 0 Å². The number of benzene rings is 2. The van der Waals surface area contributed by atoms with E-state index in [-0.39, 0.29) is 24.4 Å². The van der Waals surface area contributed by atoms with Crippen molar-refractivity contribution in [1.29, 1.82) is 0 Å². The van der Waals surface area contributed by atoms with Crippen molar-refractivity contribution < 1.29 is 28.4 Å². The van der Waals surface area contributed by atoms with Gasteiger partial charge in [0.05, 0.1) is 18.2 Å². The van der Waals surface area contributed by atoms with Gasteiger partial charge in [-0.1, -0.05) is 96.2 Å². The van der Waals surface area contributed by atoms with Crippen molar-refractivity contribution in [3.05, 3.63) is 63.2 Å². The summed E-state index contributed by atoms with van der Waals surface area (Å²) in [7, 11) is 0. The molecule has 0 N–H and O–H groups in total. The first-order valence-electron chi connectivity index (χ1n) is 18.2. The number of hydrogen-bond donors (Lipinski definition) is 0. The highest BCUT2D eigenvalue weighted by Gasteiger charge is 2.50. The highest BCUT2D eigenvalue weighted by atomic mass is 35.5. The fourth-order valence-electron chi connectivity index (χ4n) is 6.30. The summed E-state index contributed by atoms with van der Waals surface area (Å²) < 4.78 is 39.8. The van der Waals surface area contributed by atoms with Crippen LogP contribution in [0.5, 0.6) is 5.75 Å². The molecule has 2 aliphatic rings. The normalized spacial score (nSPS) is 22.6. The standard InChI is InChI=1S/C39H59ClO6/c1-6-11-20-41-27-33-37(42-21-12-7-2)39(44-23-14-9-4)38(43-22-13-8-3)36(46-33)32-26-30(34(40)31-19-24-45-35(31)32)25-29-17-15-28(10-5)16-18-29/h15-18,26,33,36-39H,6-14,19-25,27H2,1-5H3/t33-,36?,37-,38+,39+/m1/s1. The number of fused-ring (bicyclic) bond motifs is 1. The van der Waals surface area contributed by atoms with Crippen LogP contribution < -0.4 is 4.74 Å². The maximum Gasteiger partial charge on any atom is 0.130 e. The maximum absolute atomic E-state index is 7.13. The molecule has 1 saturated heterocycles. The molecule has 2 heterocycles. The molecule has 2 aromatic carbocycles. The largest absolute Gasteiger partial charge is 0.493 e. The van der Waals surface area contributed by atoms with Crippen LogP contribution in [0.15, 0.2) is 30.3 Å². The molecule has 1 unspecified atom stereocenters. The van der Waals surface area contributed by atoms with E-state index in [4.69, 9.17) is 40.0 Å². The second kappa shape index (κ2) is 20.0. The lowest BCUT2D eigenvalue weighted by Crippen LogP contribution is -2.58. The van der Waals surface area contributed by atoms with E-state index < -0.39 is 6.10 Å². The monoisotopic (exact) mass is 658 g/mol. The van der Waals surface area contributed by atoms with E-state index >= 15 is 0 Å². The number of ether oxygens (including phenoxy) is 6. The predicted octanol–water partition coefficient (Wildman–Crippen LogP) is 9.24. The number of rotatable bonds is 21. The fourth-order valence-corrected chi connectivity index (χ4v) is 6.60. The van der Waals surface area contributed by atoms with E-state index in [2.05, 4.69) is 65.0 Å². The van der Waals surface area contributed by atoms with E-state index in [0.717, 1.165) is 98.1 Å². The van der Waals surface area contributed by atoms with E-state index in [1.807, 2.05) is 0 Å². The van der Waals surface area contributed by atoms with Gasteiger partial charge in [0.2, 0.25) is 0 Å². The summed E-state index contributed by atoms with van der Waals surface area (Å²) in [6, 6.07) is 11.1. The molecule has 1 fully saturated rings. The van der Waals surface area contributed by atoms with E-state index in [1.54, 1.807) is 0 Å². The van der Waals surface area contributed by atoms with Gasteiger partial charge in [0.25, 0.3) is 0 Å². The quantitative estimate of drug-likeness (QED) is 0.125. The third-order valence-corrected chi connectivity index (χ3v) is 9.60. The number of hydrogen-bond acceptors (Lipinski definition) is 6. The highest BCUT2D eigenvalue weighted by Crippen LogP contribution is 2.46. The van der Waals surface area contributed by atoms with Gasteiger partial charge in [-0.15, -0.1) is 0 Å². The van der Waals surface area contributed by atoms with Crippen molar-refractivity contribution in [1.82, 2.24) is 0 Å². The lowest BCUT2D eigenvalue weighted by Gasteiger charge is -2.46. The molecule has 0 radical (unpaired) electrons. The first kappa shape index (κ1) is 37.2. The molecule has 0 aliphatic carbocycles. The van der Waals surface area contributed by atoms with Gasteiger partial charge >= 0.3 is 0 Å². The minimum Gasteiger partial charge on any atom is -0.493 e.